The molecule has 1 atom stereocenters. The molecule has 4 aliphatic heterocycles. The van der Waals surface area contributed by atoms with Crippen molar-refractivity contribution < 1.29 is 13.8 Å². The molecule has 0 bridgehead atoms. The van der Waals surface area contributed by atoms with E-state index in [-0.39, 0.29) is 5.91 Å². The summed E-state index contributed by atoms with van der Waals surface area (Å²) in [5, 5.41) is 2.47. The molecule has 0 saturated carbocycles. The Morgan fingerprint density at radius 1 is 1.18 bits per heavy atom. The van der Waals surface area contributed by atoms with Crippen LogP contribution in [0.25, 0.3) is 11.5 Å². The number of rotatable bonds is 4. The van der Waals surface area contributed by atoms with Gasteiger partial charge in [0.25, 0.3) is 5.91 Å². The van der Waals surface area contributed by atoms with Gasteiger partial charge in [-0.25, -0.2) is 0 Å². The first-order chi connectivity index (χ1) is 16.1. The molecule has 9 heteroatoms. The third-order valence-electron chi connectivity index (χ3n) is 6.77. The van der Waals surface area contributed by atoms with Gasteiger partial charge in [-0.15, -0.1) is 16.8 Å². The average molecular weight is 464 g/mol. The number of aryl methyl sites for hydroxylation is 1. The number of hydrogen-bond donors (Lipinski definition) is 0. The van der Waals surface area contributed by atoms with E-state index in [9.17, 15) is 4.79 Å². The van der Waals surface area contributed by atoms with Crippen molar-refractivity contribution in [3.63, 3.8) is 0 Å². The molecular weight excluding hydrogens is 436 g/mol. The number of hydrogen-bond acceptors (Lipinski definition) is 7. The van der Waals surface area contributed by atoms with Gasteiger partial charge < -0.3 is 14.2 Å². The molecule has 0 aromatic carbocycles. The molecule has 33 heavy (non-hydrogen) atoms. The Hall–Kier alpha value is -2.88. The molecule has 6 rings (SSSR count). The van der Waals surface area contributed by atoms with E-state index in [0.29, 0.717) is 17.0 Å². The summed E-state index contributed by atoms with van der Waals surface area (Å²) in [6, 6.07) is 5.82. The van der Waals surface area contributed by atoms with Crippen LogP contribution >= 0.6 is 11.8 Å². The largest absolute Gasteiger partial charge is 0.437 e. The van der Waals surface area contributed by atoms with Gasteiger partial charge >= 0.3 is 0 Å². The fraction of sp³-hybridized carbons (Fsp3) is 0.375. The van der Waals surface area contributed by atoms with E-state index in [1.54, 1.807) is 6.20 Å². The van der Waals surface area contributed by atoms with Crippen LogP contribution in [0.4, 0.5) is 5.82 Å². The Morgan fingerprint density at radius 3 is 2.82 bits per heavy atom. The van der Waals surface area contributed by atoms with Gasteiger partial charge in [-0.05, 0) is 18.2 Å². The first-order valence-electron chi connectivity index (χ1n) is 11.4. The number of aromatic nitrogens is 2. The highest BCUT2D eigenvalue weighted by Gasteiger charge is 2.48. The van der Waals surface area contributed by atoms with Crippen LogP contribution < -0.4 is 4.90 Å². The van der Waals surface area contributed by atoms with Crippen molar-refractivity contribution in [3.8, 4) is 11.5 Å². The van der Waals surface area contributed by atoms with E-state index < -0.39 is 0 Å². The molecule has 4 aliphatic rings. The summed E-state index contributed by atoms with van der Waals surface area (Å²) < 4.78 is 6.56. The van der Waals surface area contributed by atoms with Gasteiger partial charge in [-0.3, -0.25) is 9.78 Å². The van der Waals surface area contributed by atoms with Crippen molar-refractivity contribution in [2.75, 3.05) is 55.8 Å². The molecule has 170 valence electrons. The summed E-state index contributed by atoms with van der Waals surface area (Å²) >= 11 is 1.83. The Morgan fingerprint density at radius 2 is 2.06 bits per heavy atom. The maximum atomic E-state index is 13.0. The molecule has 2 saturated heterocycles. The van der Waals surface area contributed by atoms with Crippen molar-refractivity contribution in [2.24, 2.45) is 0 Å². The number of pyridine rings is 1. The number of oxazole rings is 1. The number of amides is 1. The maximum Gasteiger partial charge on any atom is 0.256 e. The molecule has 2 fully saturated rings. The zero-order valence-corrected chi connectivity index (χ0v) is 19.5. The van der Waals surface area contributed by atoms with Crippen molar-refractivity contribution in [2.45, 2.75) is 6.92 Å². The SMILES string of the molecule is Cc1nc(N2CCN([N@@+]34C=CC=C3C=C(C(=O)N3CCSC3)C4)CC2)c(-c2ccccn2)o1. The van der Waals surface area contributed by atoms with Crippen LogP contribution in [0.5, 0.6) is 0 Å². The average Bonchev–Trinajstić information content (AvgIpc) is 3.62. The molecule has 8 nitrogen and oxygen atoms in total. The standard InChI is InChI=1S/C24H27N6O2S/c1-18-26-23(22(32-18)21-6-2-3-7-25-21)27-8-10-29(11-9-27)30-13-4-5-20(30)15-19(16-30)24(31)28-12-14-33-17-28/h2-7,13,15H,8-12,14,16-17H2,1H3/q+1/t30-/m1/s1. The minimum atomic E-state index is 0.193. The summed E-state index contributed by atoms with van der Waals surface area (Å²) in [5.41, 5.74) is 2.90. The molecule has 0 aliphatic carbocycles. The number of piperazine rings is 1. The number of carbonyl (C=O) groups excluding carboxylic acids is 1. The van der Waals surface area contributed by atoms with E-state index >= 15 is 0 Å². The first-order valence-corrected chi connectivity index (χ1v) is 12.5. The minimum Gasteiger partial charge on any atom is -0.437 e. The van der Waals surface area contributed by atoms with Crippen LogP contribution in [0.15, 0.2) is 64.5 Å². The van der Waals surface area contributed by atoms with Crippen molar-refractivity contribution >= 4 is 23.5 Å². The van der Waals surface area contributed by atoms with Gasteiger partial charge in [-0.2, -0.15) is 9.58 Å². The number of allylic oxidation sites excluding steroid dienone is 3. The zero-order chi connectivity index (χ0) is 22.4. The fourth-order valence-electron chi connectivity index (χ4n) is 5.11. The topological polar surface area (TPSA) is 65.7 Å². The lowest BCUT2D eigenvalue weighted by atomic mass is 10.2. The Bertz CT molecular complexity index is 1160. The van der Waals surface area contributed by atoms with Gasteiger partial charge in [0.05, 0.1) is 24.5 Å². The van der Waals surface area contributed by atoms with Crippen LogP contribution in [0.1, 0.15) is 5.89 Å². The van der Waals surface area contributed by atoms with E-state index in [1.165, 1.54) is 5.70 Å². The van der Waals surface area contributed by atoms with Crippen LogP contribution in [-0.4, -0.2) is 81.3 Å². The number of carbonyl (C=O) groups is 1. The summed E-state index contributed by atoms with van der Waals surface area (Å²) in [7, 11) is 0. The predicted molar refractivity (Wildman–Crippen MR) is 128 cm³/mol. The van der Waals surface area contributed by atoms with Crippen molar-refractivity contribution in [3.05, 3.63) is 66.0 Å². The summed E-state index contributed by atoms with van der Waals surface area (Å²) in [5.74, 6) is 4.27. The normalized spacial score (nSPS) is 24.9. The molecule has 0 spiro atoms. The minimum absolute atomic E-state index is 0.193. The van der Waals surface area contributed by atoms with Gasteiger partial charge in [0.15, 0.2) is 23.2 Å². The lowest BCUT2D eigenvalue weighted by Gasteiger charge is -2.43. The Labute approximate surface area is 197 Å². The highest BCUT2D eigenvalue weighted by Crippen LogP contribution is 2.39. The second-order valence-corrected chi connectivity index (χ2v) is 9.81. The second kappa shape index (κ2) is 8.16. The third-order valence-corrected chi connectivity index (χ3v) is 7.73. The predicted octanol–water partition coefficient (Wildman–Crippen LogP) is 2.78. The van der Waals surface area contributed by atoms with Crippen LogP contribution in [-0.2, 0) is 4.79 Å². The number of nitrogens with zero attached hydrogens (tertiary/aromatic N) is 6. The van der Waals surface area contributed by atoms with Gasteiger partial charge in [-0.1, -0.05) is 6.07 Å². The summed E-state index contributed by atoms with van der Waals surface area (Å²) in [6.07, 6.45) is 10.4. The van der Waals surface area contributed by atoms with Crippen molar-refractivity contribution in [1.29, 1.82) is 0 Å². The van der Waals surface area contributed by atoms with Gasteiger partial charge in [0, 0.05) is 50.7 Å². The highest BCUT2D eigenvalue weighted by atomic mass is 32.2. The lowest BCUT2D eigenvalue weighted by Crippen LogP contribution is -2.60. The molecule has 1 amide bonds. The van der Waals surface area contributed by atoms with E-state index in [2.05, 4.69) is 44.3 Å². The maximum absolute atomic E-state index is 13.0. The number of anilines is 1. The number of thioether (sulfide) groups is 1. The molecule has 0 N–H and O–H groups in total. The lowest BCUT2D eigenvalue weighted by molar-refractivity contribution is -0.948. The first kappa shape index (κ1) is 20.7. The molecule has 2 aromatic rings. The molecule has 0 radical (unpaired) electrons. The third kappa shape index (κ3) is 3.51. The molecule has 2 aromatic heterocycles. The van der Waals surface area contributed by atoms with Crippen LogP contribution in [0.3, 0.4) is 0 Å². The van der Waals surface area contributed by atoms with Crippen LogP contribution in [0, 0.1) is 6.92 Å². The van der Waals surface area contributed by atoms with Gasteiger partial charge in [0.1, 0.15) is 18.4 Å². The van der Waals surface area contributed by atoms with E-state index in [1.807, 2.05) is 41.8 Å². The second-order valence-electron chi connectivity index (χ2n) is 8.73. The van der Waals surface area contributed by atoms with Crippen LogP contribution in [0.2, 0.25) is 0 Å². The summed E-state index contributed by atoms with van der Waals surface area (Å²) in [4.78, 5) is 26.5. The number of quaternary nitrogens is 1. The summed E-state index contributed by atoms with van der Waals surface area (Å²) in [6.45, 7) is 6.82. The highest BCUT2D eigenvalue weighted by molar-refractivity contribution is 7.99. The Balaban J connectivity index is 1.18. The monoisotopic (exact) mass is 463 g/mol. The molecular formula is C24H27N6O2S+. The van der Waals surface area contributed by atoms with Gasteiger partial charge in [0.2, 0.25) is 0 Å². The molecule has 0 unspecified atom stereocenters. The number of fused-ring (bicyclic) bond motifs is 1. The zero-order valence-electron chi connectivity index (χ0n) is 18.7. The van der Waals surface area contributed by atoms with E-state index in [0.717, 1.165) is 67.2 Å². The quantitative estimate of drug-likeness (QED) is 0.646. The van der Waals surface area contributed by atoms with Crippen molar-refractivity contribution in [1.82, 2.24) is 19.9 Å². The smallest absolute Gasteiger partial charge is 0.256 e. The van der Waals surface area contributed by atoms with E-state index in [4.69, 9.17) is 4.42 Å². The molecule has 6 heterocycles. The fourth-order valence-corrected chi connectivity index (χ4v) is 6.06. The Kier molecular flexibility index (Phi) is 5.12.